The summed E-state index contributed by atoms with van der Waals surface area (Å²) in [5.74, 6) is 1.08. The van der Waals surface area contributed by atoms with Gasteiger partial charge in [0.2, 0.25) is 0 Å². The molecule has 1 aromatic rings. The van der Waals surface area contributed by atoms with E-state index in [0.717, 1.165) is 49.5 Å². The molecule has 0 saturated carbocycles. The van der Waals surface area contributed by atoms with Crippen molar-refractivity contribution in [2.75, 3.05) is 31.1 Å². The quantitative estimate of drug-likeness (QED) is 0.835. The maximum Gasteiger partial charge on any atom is 0.133 e. The van der Waals surface area contributed by atoms with E-state index in [9.17, 15) is 0 Å². The maximum absolute atomic E-state index is 5.78. The van der Waals surface area contributed by atoms with E-state index in [-0.39, 0.29) is 5.60 Å². The van der Waals surface area contributed by atoms with Gasteiger partial charge in [-0.1, -0.05) is 6.92 Å². The summed E-state index contributed by atoms with van der Waals surface area (Å²) in [7, 11) is 0. The van der Waals surface area contributed by atoms with E-state index >= 15 is 0 Å². The zero-order valence-electron chi connectivity index (χ0n) is 12.6. The Morgan fingerprint density at radius 1 is 1.50 bits per heavy atom. The first-order valence-electron chi connectivity index (χ1n) is 7.26. The van der Waals surface area contributed by atoms with Crippen molar-refractivity contribution in [3.8, 4) is 0 Å². The molecular formula is C15H24BrN3O. The highest BCUT2D eigenvalue weighted by atomic mass is 79.9. The van der Waals surface area contributed by atoms with Gasteiger partial charge in [0.25, 0.3) is 0 Å². The number of nitrogens with one attached hydrogen (secondary N) is 1. The van der Waals surface area contributed by atoms with Crippen molar-refractivity contribution in [2.24, 2.45) is 0 Å². The SMILES string of the molecule is CCCNCc1cc(Br)cnc1N1CCOC(C)(C)C1. The molecule has 0 atom stereocenters. The summed E-state index contributed by atoms with van der Waals surface area (Å²) in [4.78, 5) is 6.96. The van der Waals surface area contributed by atoms with E-state index < -0.39 is 0 Å². The van der Waals surface area contributed by atoms with Crippen LogP contribution >= 0.6 is 15.9 Å². The average Bonchev–Trinajstić information content (AvgIpc) is 2.38. The summed E-state index contributed by atoms with van der Waals surface area (Å²) in [5, 5.41) is 3.46. The highest BCUT2D eigenvalue weighted by Crippen LogP contribution is 2.26. The van der Waals surface area contributed by atoms with Gasteiger partial charge in [0.05, 0.1) is 12.2 Å². The molecule has 2 rings (SSSR count). The summed E-state index contributed by atoms with van der Waals surface area (Å²) in [5.41, 5.74) is 1.13. The fraction of sp³-hybridized carbons (Fsp3) is 0.667. The zero-order chi connectivity index (χ0) is 14.6. The topological polar surface area (TPSA) is 37.4 Å². The van der Waals surface area contributed by atoms with Crippen LogP contribution in [0.25, 0.3) is 0 Å². The van der Waals surface area contributed by atoms with Gasteiger partial charge in [-0.05, 0) is 48.8 Å². The molecular weight excluding hydrogens is 318 g/mol. The standard InChI is InChI=1S/C15H24BrN3O/c1-4-5-17-9-12-8-13(16)10-18-14(12)19-6-7-20-15(2,3)11-19/h8,10,17H,4-7,9,11H2,1-3H3. The minimum absolute atomic E-state index is 0.110. The monoisotopic (exact) mass is 341 g/mol. The molecule has 5 heteroatoms. The summed E-state index contributed by atoms with van der Waals surface area (Å²) >= 11 is 3.52. The minimum Gasteiger partial charge on any atom is -0.372 e. The fourth-order valence-electron chi connectivity index (χ4n) is 2.49. The number of morpholine rings is 1. The van der Waals surface area contributed by atoms with Gasteiger partial charge >= 0.3 is 0 Å². The molecule has 0 aromatic carbocycles. The fourth-order valence-corrected chi connectivity index (χ4v) is 2.86. The number of halogens is 1. The molecule has 1 aliphatic heterocycles. The van der Waals surface area contributed by atoms with E-state index in [2.05, 4.69) is 58.0 Å². The first-order chi connectivity index (χ1) is 9.52. The van der Waals surface area contributed by atoms with Crippen molar-refractivity contribution >= 4 is 21.7 Å². The number of hydrogen-bond donors (Lipinski definition) is 1. The van der Waals surface area contributed by atoms with Gasteiger partial charge in [-0.15, -0.1) is 0 Å². The van der Waals surface area contributed by atoms with Crippen LogP contribution in [-0.4, -0.2) is 36.8 Å². The number of pyridine rings is 1. The molecule has 0 radical (unpaired) electrons. The van der Waals surface area contributed by atoms with Crippen molar-refractivity contribution in [3.63, 3.8) is 0 Å². The molecule has 0 amide bonds. The Labute approximate surface area is 130 Å². The molecule has 1 fully saturated rings. The van der Waals surface area contributed by atoms with Crippen LogP contribution in [0.4, 0.5) is 5.82 Å². The average molecular weight is 342 g/mol. The molecule has 1 saturated heterocycles. The van der Waals surface area contributed by atoms with Crippen LogP contribution in [-0.2, 0) is 11.3 Å². The second-order valence-electron chi connectivity index (χ2n) is 5.84. The molecule has 112 valence electrons. The number of aromatic nitrogens is 1. The Hall–Kier alpha value is -0.650. The summed E-state index contributed by atoms with van der Waals surface area (Å²) in [6.45, 7) is 10.9. The molecule has 0 spiro atoms. The first-order valence-corrected chi connectivity index (χ1v) is 8.05. The van der Waals surface area contributed by atoms with Gasteiger partial charge in [0.1, 0.15) is 5.82 Å². The van der Waals surface area contributed by atoms with Gasteiger partial charge in [0, 0.05) is 35.9 Å². The third kappa shape index (κ3) is 4.17. The molecule has 1 aliphatic rings. The maximum atomic E-state index is 5.78. The third-order valence-electron chi connectivity index (χ3n) is 3.38. The molecule has 2 heterocycles. The minimum atomic E-state index is -0.110. The van der Waals surface area contributed by atoms with Crippen molar-refractivity contribution in [2.45, 2.75) is 39.3 Å². The van der Waals surface area contributed by atoms with Crippen LogP contribution < -0.4 is 10.2 Å². The number of nitrogens with zero attached hydrogens (tertiary/aromatic N) is 2. The Kier molecular flexibility index (Phi) is 5.41. The zero-order valence-corrected chi connectivity index (χ0v) is 14.2. The van der Waals surface area contributed by atoms with E-state index in [1.807, 2.05) is 6.20 Å². The van der Waals surface area contributed by atoms with Gasteiger partial charge in [-0.3, -0.25) is 0 Å². The van der Waals surface area contributed by atoms with Gasteiger partial charge in [-0.25, -0.2) is 4.98 Å². The lowest BCUT2D eigenvalue weighted by Gasteiger charge is -2.39. The molecule has 20 heavy (non-hydrogen) atoms. The van der Waals surface area contributed by atoms with E-state index in [4.69, 9.17) is 4.74 Å². The van der Waals surface area contributed by atoms with Crippen molar-refractivity contribution in [1.82, 2.24) is 10.3 Å². The molecule has 0 unspecified atom stereocenters. The Morgan fingerprint density at radius 3 is 3.00 bits per heavy atom. The predicted molar refractivity (Wildman–Crippen MR) is 86.2 cm³/mol. The summed E-state index contributed by atoms with van der Waals surface area (Å²) in [6, 6.07) is 2.16. The number of hydrogen-bond acceptors (Lipinski definition) is 4. The largest absolute Gasteiger partial charge is 0.372 e. The Bertz CT molecular complexity index is 451. The lowest BCUT2D eigenvalue weighted by atomic mass is 10.1. The van der Waals surface area contributed by atoms with Crippen molar-refractivity contribution < 1.29 is 4.74 Å². The summed E-state index contributed by atoms with van der Waals surface area (Å²) < 4.78 is 6.81. The molecule has 0 bridgehead atoms. The lowest BCUT2D eigenvalue weighted by Crippen LogP contribution is -2.49. The number of rotatable bonds is 5. The number of ether oxygens (including phenoxy) is 1. The van der Waals surface area contributed by atoms with Crippen molar-refractivity contribution in [1.29, 1.82) is 0 Å². The van der Waals surface area contributed by atoms with Crippen LogP contribution in [0, 0.1) is 0 Å². The number of anilines is 1. The third-order valence-corrected chi connectivity index (χ3v) is 3.81. The van der Waals surface area contributed by atoms with E-state index in [0.29, 0.717) is 0 Å². The molecule has 4 nitrogen and oxygen atoms in total. The highest BCUT2D eigenvalue weighted by Gasteiger charge is 2.28. The van der Waals surface area contributed by atoms with Gasteiger partial charge in [0.15, 0.2) is 0 Å². The van der Waals surface area contributed by atoms with Crippen molar-refractivity contribution in [3.05, 3.63) is 22.3 Å². The summed E-state index contributed by atoms with van der Waals surface area (Å²) in [6.07, 6.45) is 3.02. The Balaban J connectivity index is 2.17. The van der Waals surface area contributed by atoms with Crippen LogP contribution in [0.1, 0.15) is 32.8 Å². The van der Waals surface area contributed by atoms with Crippen LogP contribution in [0.3, 0.4) is 0 Å². The second-order valence-corrected chi connectivity index (χ2v) is 6.76. The smallest absolute Gasteiger partial charge is 0.133 e. The lowest BCUT2D eigenvalue weighted by molar-refractivity contribution is -0.0279. The second kappa shape index (κ2) is 6.87. The van der Waals surface area contributed by atoms with Gasteiger partial charge < -0.3 is 15.0 Å². The predicted octanol–water partition coefficient (Wildman–Crippen LogP) is 2.96. The highest BCUT2D eigenvalue weighted by molar-refractivity contribution is 9.10. The molecule has 1 N–H and O–H groups in total. The van der Waals surface area contributed by atoms with Gasteiger partial charge in [-0.2, -0.15) is 0 Å². The normalized spacial score (nSPS) is 18.3. The van der Waals surface area contributed by atoms with E-state index in [1.165, 1.54) is 5.56 Å². The molecule has 0 aliphatic carbocycles. The van der Waals surface area contributed by atoms with Crippen LogP contribution in [0.5, 0.6) is 0 Å². The molecule has 1 aromatic heterocycles. The van der Waals surface area contributed by atoms with Crippen LogP contribution in [0.2, 0.25) is 0 Å². The first kappa shape index (κ1) is 15.7. The Morgan fingerprint density at radius 2 is 2.30 bits per heavy atom. The van der Waals surface area contributed by atoms with E-state index in [1.54, 1.807) is 0 Å². The van der Waals surface area contributed by atoms with Crippen LogP contribution in [0.15, 0.2) is 16.7 Å².